The monoisotopic (exact) mass is 388 g/mol. The van der Waals surface area contributed by atoms with Gasteiger partial charge in [-0.05, 0) is 55.7 Å². The summed E-state index contributed by atoms with van der Waals surface area (Å²) in [6, 6.07) is 10.5. The van der Waals surface area contributed by atoms with Crippen LogP contribution in [0.4, 0.5) is 5.69 Å². The maximum Gasteiger partial charge on any atom is 0.255 e. The van der Waals surface area contributed by atoms with Crippen LogP contribution in [0, 0.1) is 20.8 Å². The third kappa shape index (κ3) is 4.05. The van der Waals surface area contributed by atoms with Crippen LogP contribution >= 0.6 is 0 Å². The van der Waals surface area contributed by atoms with Gasteiger partial charge in [0.05, 0.1) is 18.1 Å². The van der Waals surface area contributed by atoms with E-state index < -0.39 is 10.0 Å². The van der Waals surface area contributed by atoms with Gasteiger partial charge in [0.15, 0.2) is 0 Å². The number of carbonyl (C=O) groups excluding carboxylic acids is 1. The number of nitrogens with one attached hydrogen (secondary N) is 1. The molecule has 1 N–H and O–H groups in total. The molecule has 0 bridgehead atoms. The van der Waals surface area contributed by atoms with Crippen molar-refractivity contribution >= 4 is 21.6 Å². The van der Waals surface area contributed by atoms with Gasteiger partial charge in [0.2, 0.25) is 10.0 Å². The Labute approximate surface area is 160 Å². The van der Waals surface area contributed by atoms with Crippen molar-refractivity contribution in [2.24, 2.45) is 0 Å². The van der Waals surface area contributed by atoms with E-state index in [0.29, 0.717) is 43.1 Å². The van der Waals surface area contributed by atoms with Crippen molar-refractivity contribution in [1.82, 2.24) is 4.31 Å². The highest BCUT2D eigenvalue weighted by Crippen LogP contribution is 2.25. The molecule has 1 amide bonds. The van der Waals surface area contributed by atoms with E-state index in [0.717, 1.165) is 11.1 Å². The lowest BCUT2D eigenvalue weighted by molar-refractivity contribution is 0.0730. The predicted molar refractivity (Wildman–Crippen MR) is 105 cm³/mol. The minimum Gasteiger partial charge on any atom is -0.379 e. The summed E-state index contributed by atoms with van der Waals surface area (Å²) in [4.78, 5) is 12.9. The maximum absolute atomic E-state index is 13.0. The lowest BCUT2D eigenvalue weighted by Gasteiger charge is -2.26. The fourth-order valence-electron chi connectivity index (χ4n) is 3.08. The molecule has 0 aromatic heterocycles. The van der Waals surface area contributed by atoms with Crippen molar-refractivity contribution in [3.8, 4) is 0 Å². The molecule has 3 rings (SSSR count). The number of sulfonamides is 1. The molecule has 1 saturated heterocycles. The molecular weight excluding hydrogens is 364 g/mol. The van der Waals surface area contributed by atoms with Crippen LogP contribution in [0.25, 0.3) is 0 Å². The van der Waals surface area contributed by atoms with Crippen LogP contribution in [-0.2, 0) is 14.8 Å². The minimum atomic E-state index is -3.63. The first-order valence-electron chi connectivity index (χ1n) is 8.87. The van der Waals surface area contributed by atoms with Gasteiger partial charge >= 0.3 is 0 Å². The first-order valence-corrected chi connectivity index (χ1v) is 10.3. The Kier molecular flexibility index (Phi) is 5.64. The molecule has 0 aliphatic carbocycles. The normalized spacial score (nSPS) is 15.5. The Morgan fingerprint density at radius 2 is 1.74 bits per heavy atom. The highest BCUT2D eigenvalue weighted by molar-refractivity contribution is 7.89. The summed E-state index contributed by atoms with van der Waals surface area (Å²) in [5, 5.41) is 2.82. The molecule has 0 radical (unpaired) electrons. The first kappa shape index (κ1) is 19.5. The summed E-state index contributed by atoms with van der Waals surface area (Å²) in [7, 11) is -3.63. The Morgan fingerprint density at radius 3 is 2.44 bits per heavy atom. The van der Waals surface area contributed by atoms with Gasteiger partial charge in [-0.1, -0.05) is 18.2 Å². The molecule has 2 aromatic rings. The average Bonchev–Trinajstić information content (AvgIpc) is 2.66. The number of aryl methyl sites for hydroxylation is 2. The molecule has 1 fully saturated rings. The number of hydrogen-bond donors (Lipinski definition) is 1. The van der Waals surface area contributed by atoms with E-state index in [9.17, 15) is 13.2 Å². The highest BCUT2D eigenvalue weighted by atomic mass is 32.2. The van der Waals surface area contributed by atoms with Crippen molar-refractivity contribution < 1.29 is 17.9 Å². The van der Waals surface area contributed by atoms with Gasteiger partial charge in [-0.2, -0.15) is 4.31 Å². The minimum absolute atomic E-state index is 0.211. The topological polar surface area (TPSA) is 75.7 Å². The van der Waals surface area contributed by atoms with Crippen LogP contribution in [-0.4, -0.2) is 44.9 Å². The van der Waals surface area contributed by atoms with Gasteiger partial charge in [-0.15, -0.1) is 0 Å². The number of nitrogens with zero attached hydrogens (tertiary/aromatic N) is 1. The van der Waals surface area contributed by atoms with Crippen molar-refractivity contribution in [2.75, 3.05) is 31.6 Å². The van der Waals surface area contributed by atoms with Gasteiger partial charge in [-0.3, -0.25) is 4.79 Å². The van der Waals surface area contributed by atoms with Crippen LogP contribution in [0.2, 0.25) is 0 Å². The fraction of sp³-hybridized carbons (Fsp3) is 0.350. The molecule has 0 saturated carbocycles. The molecule has 2 aromatic carbocycles. The molecule has 1 heterocycles. The molecule has 0 unspecified atom stereocenters. The van der Waals surface area contributed by atoms with Gasteiger partial charge in [0, 0.05) is 24.3 Å². The van der Waals surface area contributed by atoms with Crippen LogP contribution in [0.5, 0.6) is 0 Å². The van der Waals surface area contributed by atoms with Gasteiger partial charge in [-0.25, -0.2) is 8.42 Å². The zero-order valence-corrected chi connectivity index (χ0v) is 16.6. The lowest BCUT2D eigenvalue weighted by atomic mass is 10.0. The van der Waals surface area contributed by atoms with Crippen molar-refractivity contribution in [3.05, 3.63) is 58.7 Å². The third-order valence-electron chi connectivity index (χ3n) is 4.88. The highest BCUT2D eigenvalue weighted by Gasteiger charge is 2.28. The van der Waals surface area contributed by atoms with E-state index >= 15 is 0 Å². The number of anilines is 1. The molecule has 7 heteroatoms. The fourth-order valence-corrected chi connectivity index (χ4v) is 4.74. The van der Waals surface area contributed by atoms with Crippen LogP contribution in [0.3, 0.4) is 0 Å². The Hall–Kier alpha value is -2.22. The van der Waals surface area contributed by atoms with Crippen LogP contribution in [0.15, 0.2) is 41.3 Å². The van der Waals surface area contributed by atoms with Crippen LogP contribution < -0.4 is 5.32 Å². The SMILES string of the molecule is Cc1ccc(NC(=O)c2cccc(C)c2C)cc1S(=O)(=O)N1CCOCC1. The van der Waals surface area contributed by atoms with Crippen molar-refractivity contribution in [2.45, 2.75) is 25.7 Å². The van der Waals surface area contributed by atoms with E-state index in [4.69, 9.17) is 4.74 Å². The molecule has 1 aliphatic rings. The van der Waals surface area contributed by atoms with Gasteiger partial charge in [0.25, 0.3) is 5.91 Å². The van der Waals surface area contributed by atoms with Crippen molar-refractivity contribution in [1.29, 1.82) is 0 Å². The number of benzene rings is 2. The molecule has 6 nitrogen and oxygen atoms in total. The zero-order valence-electron chi connectivity index (χ0n) is 15.8. The van der Waals surface area contributed by atoms with E-state index in [1.54, 1.807) is 25.1 Å². The average molecular weight is 388 g/mol. The Morgan fingerprint density at radius 1 is 1.04 bits per heavy atom. The molecule has 1 aliphatic heterocycles. The largest absolute Gasteiger partial charge is 0.379 e. The Bertz CT molecular complexity index is 964. The second-order valence-corrected chi connectivity index (χ2v) is 8.60. The zero-order chi connectivity index (χ0) is 19.6. The molecule has 144 valence electrons. The smallest absolute Gasteiger partial charge is 0.255 e. The molecule has 27 heavy (non-hydrogen) atoms. The summed E-state index contributed by atoms with van der Waals surface area (Å²) in [5.41, 5.74) is 3.61. The summed E-state index contributed by atoms with van der Waals surface area (Å²) >= 11 is 0. The van der Waals surface area contributed by atoms with E-state index in [2.05, 4.69) is 5.32 Å². The molecule has 0 atom stereocenters. The number of morpholine rings is 1. The van der Waals surface area contributed by atoms with E-state index in [1.807, 2.05) is 26.0 Å². The summed E-state index contributed by atoms with van der Waals surface area (Å²) < 4.78 is 32.6. The number of carbonyl (C=O) groups is 1. The second kappa shape index (κ2) is 7.80. The lowest BCUT2D eigenvalue weighted by Crippen LogP contribution is -2.40. The summed E-state index contributed by atoms with van der Waals surface area (Å²) in [6.07, 6.45) is 0. The number of ether oxygens (including phenoxy) is 1. The predicted octanol–water partition coefficient (Wildman–Crippen LogP) is 2.89. The van der Waals surface area contributed by atoms with Crippen molar-refractivity contribution in [3.63, 3.8) is 0 Å². The standard InChI is InChI=1S/C20H24N2O4S/c1-14-5-4-6-18(16(14)3)20(23)21-17-8-7-15(2)19(13-17)27(24,25)22-9-11-26-12-10-22/h4-8,13H,9-12H2,1-3H3,(H,21,23). The van der Waals surface area contributed by atoms with Gasteiger partial charge in [0.1, 0.15) is 0 Å². The number of rotatable bonds is 4. The number of amides is 1. The third-order valence-corrected chi connectivity index (χ3v) is 6.92. The van der Waals surface area contributed by atoms with Crippen LogP contribution in [0.1, 0.15) is 27.0 Å². The summed E-state index contributed by atoms with van der Waals surface area (Å²) in [5.74, 6) is -0.255. The second-order valence-electron chi connectivity index (χ2n) is 6.70. The molecule has 0 spiro atoms. The Balaban J connectivity index is 1.89. The quantitative estimate of drug-likeness (QED) is 0.874. The molecular formula is C20H24N2O4S. The number of hydrogen-bond acceptors (Lipinski definition) is 4. The maximum atomic E-state index is 13.0. The first-order chi connectivity index (χ1) is 12.8. The van der Waals surface area contributed by atoms with Gasteiger partial charge < -0.3 is 10.1 Å². The van der Waals surface area contributed by atoms with E-state index in [1.165, 1.54) is 10.4 Å². The van der Waals surface area contributed by atoms with E-state index in [-0.39, 0.29) is 10.8 Å². The summed E-state index contributed by atoms with van der Waals surface area (Å²) in [6.45, 7) is 7.05.